The highest BCUT2D eigenvalue weighted by Gasteiger charge is 2.16. The molecule has 0 aliphatic heterocycles. The molecule has 0 aliphatic rings. The quantitative estimate of drug-likeness (QED) is 0.294. The van der Waals surface area contributed by atoms with Gasteiger partial charge in [0, 0.05) is 12.8 Å². The van der Waals surface area contributed by atoms with E-state index in [0.29, 0.717) is 0 Å². The van der Waals surface area contributed by atoms with Crippen molar-refractivity contribution in [2.75, 3.05) is 14.1 Å². The van der Waals surface area contributed by atoms with Crippen molar-refractivity contribution < 1.29 is 39.6 Å². The van der Waals surface area contributed by atoms with Crippen molar-refractivity contribution in [2.24, 2.45) is 0 Å². The molecule has 10 nitrogen and oxygen atoms in total. The minimum atomic E-state index is -1.02. The highest BCUT2D eigenvalue weighted by atomic mass is 16.4. The minimum absolute atomic E-state index is 0.112. The number of hydrogen-bond donors (Lipinski definition) is 6. The Labute approximate surface area is 127 Å². The second kappa shape index (κ2) is 12.5. The number of likely N-dealkylation sites (N-methyl/N-ethyl adjacent to an activating group) is 2. The van der Waals surface area contributed by atoms with Crippen molar-refractivity contribution >= 4 is 23.9 Å². The lowest BCUT2D eigenvalue weighted by molar-refractivity contribution is -0.142. The molecule has 0 bridgehead atoms. The summed E-state index contributed by atoms with van der Waals surface area (Å²) in [6, 6.07) is -1.52. The van der Waals surface area contributed by atoms with Gasteiger partial charge in [-0.2, -0.15) is 0 Å². The van der Waals surface area contributed by atoms with Gasteiger partial charge in [-0.15, -0.1) is 0 Å². The molecule has 22 heavy (non-hydrogen) atoms. The first-order valence-corrected chi connectivity index (χ1v) is 6.39. The third kappa shape index (κ3) is 12.8. The van der Waals surface area contributed by atoms with Crippen molar-refractivity contribution in [2.45, 2.75) is 37.8 Å². The SMILES string of the molecule is CN[C@H](CCC(=O)O)C(=O)O.CN[C@H](CCC(=O)O)C(=O)O. The monoisotopic (exact) mass is 322 g/mol. The average Bonchev–Trinajstić information content (AvgIpc) is 2.39. The van der Waals surface area contributed by atoms with E-state index in [-0.39, 0.29) is 25.7 Å². The van der Waals surface area contributed by atoms with Crippen LogP contribution in [0.2, 0.25) is 0 Å². The van der Waals surface area contributed by atoms with Crippen LogP contribution in [-0.2, 0) is 19.2 Å². The summed E-state index contributed by atoms with van der Waals surface area (Å²) in [5.74, 6) is -4.00. The minimum Gasteiger partial charge on any atom is -0.481 e. The van der Waals surface area contributed by atoms with Gasteiger partial charge >= 0.3 is 23.9 Å². The zero-order valence-electron chi connectivity index (χ0n) is 12.4. The van der Waals surface area contributed by atoms with E-state index in [9.17, 15) is 19.2 Å². The summed E-state index contributed by atoms with van der Waals surface area (Å²) in [6.45, 7) is 0. The third-order valence-electron chi connectivity index (χ3n) is 2.59. The van der Waals surface area contributed by atoms with Crippen LogP contribution in [0.1, 0.15) is 25.7 Å². The maximum Gasteiger partial charge on any atom is 0.320 e. The van der Waals surface area contributed by atoms with E-state index in [1.807, 2.05) is 0 Å². The molecule has 10 heteroatoms. The molecule has 0 aromatic heterocycles. The summed E-state index contributed by atoms with van der Waals surface area (Å²) in [5.41, 5.74) is 0. The van der Waals surface area contributed by atoms with Crippen LogP contribution in [0.5, 0.6) is 0 Å². The molecule has 0 spiro atoms. The number of carboxylic acids is 4. The summed E-state index contributed by atoms with van der Waals surface area (Å²) in [5, 5.41) is 38.3. The van der Waals surface area contributed by atoms with Crippen LogP contribution in [-0.4, -0.2) is 70.5 Å². The molecule has 0 amide bonds. The second-order valence-electron chi connectivity index (χ2n) is 4.22. The van der Waals surface area contributed by atoms with Crippen LogP contribution >= 0.6 is 0 Å². The first-order valence-electron chi connectivity index (χ1n) is 6.39. The molecule has 0 aliphatic carbocycles. The molecule has 0 aromatic carbocycles. The molecule has 0 aromatic rings. The van der Waals surface area contributed by atoms with Gasteiger partial charge in [-0.05, 0) is 26.9 Å². The number of nitrogens with one attached hydrogen (secondary N) is 2. The van der Waals surface area contributed by atoms with E-state index in [1.54, 1.807) is 0 Å². The molecule has 0 saturated heterocycles. The summed E-state index contributed by atoms with van der Waals surface area (Å²) in [7, 11) is 2.97. The Hall–Kier alpha value is -2.20. The van der Waals surface area contributed by atoms with Crippen molar-refractivity contribution in [3.8, 4) is 0 Å². The number of carbonyl (C=O) groups is 4. The summed E-state index contributed by atoms with van der Waals surface area (Å²) in [4.78, 5) is 40.6. The topological polar surface area (TPSA) is 173 Å². The lowest BCUT2D eigenvalue weighted by Gasteiger charge is -2.07. The Bertz CT molecular complexity index is 349. The van der Waals surface area contributed by atoms with Crippen LogP contribution in [0.4, 0.5) is 0 Å². The Morgan fingerprint density at radius 2 is 1.00 bits per heavy atom. The first kappa shape index (κ1) is 22.1. The van der Waals surface area contributed by atoms with Gasteiger partial charge in [0.2, 0.25) is 0 Å². The summed E-state index contributed by atoms with van der Waals surface area (Å²) in [6.07, 6.45) is -0.0298. The zero-order valence-corrected chi connectivity index (χ0v) is 12.4. The van der Waals surface area contributed by atoms with Crippen molar-refractivity contribution in [3.05, 3.63) is 0 Å². The molecule has 0 rings (SSSR count). The molecular weight excluding hydrogens is 300 g/mol. The number of aliphatic carboxylic acids is 4. The van der Waals surface area contributed by atoms with Gasteiger partial charge in [0.25, 0.3) is 0 Å². The largest absolute Gasteiger partial charge is 0.481 e. The fraction of sp³-hybridized carbons (Fsp3) is 0.667. The third-order valence-corrected chi connectivity index (χ3v) is 2.59. The van der Waals surface area contributed by atoms with Gasteiger partial charge in [0.15, 0.2) is 0 Å². The molecular formula is C12H22N2O8. The number of rotatable bonds is 10. The van der Waals surface area contributed by atoms with Crippen LogP contribution in [0.25, 0.3) is 0 Å². The molecule has 0 saturated carbocycles. The Balaban J connectivity index is 0. The fourth-order valence-electron chi connectivity index (χ4n) is 1.32. The summed E-state index contributed by atoms with van der Waals surface area (Å²) < 4.78 is 0. The number of carboxylic acid groups (broad SMARTS) is 4. The van der Waals surface area contributed by atoms with Crippen molar-refractivity contribution in [1.29, 1.82) is 0 Å². The van der Waals surface area contributed by atoms with E-state index in [4.69, 9.17) is 20.4 Å². The molecule has 2 atom stereocenters. The smallest absolute Gasteiger partial charge is 0.320 e. The van der Waals surface area contributed by atoms with E-state index >= 15 is 0 Å². The van der Waals surface area contributed by atoms with E-state index in [0.717, 1.165) is 0 Å². The molecule has 0 radical (unpaired) electrons. The van der Waals surface area contributed by atoms with E-state index < -0.39 is 36.0 Å². The standard InChI is InChI=1S/2C6H11NO4/c2*1-7-4(6(10)11)2-3-5(8)9/h2*4,7H,2-3H2,1H3,(H,8,9)(H,10,11)/t2*4-/m11/s1. The van der Waals surface area contributed by atoms with Gasteiger partial charge in [0.05, 0.1) is 0 Å². The highest BCUT2D eigenvalue weighted by Crippen LogP contribution is 1.97. The van der Waals surface area contributed by atoms with Gasteiger partial charge in [-0.1, -0.05) is 0 Å². The molecule has 0 heterocycles. The van der Waals surface area contributed by atoms with Crippen molar-refractivity contribution in [1.82, 2.24) is 10.6 Å². The second-order valence-corrected chi connectivity index (χ2v) is 4.22. The Morgan fingerprint density at radius 3 is 1.14 bits per heavy atom. The molecule has 128 valence electrons. The fourth-order valence-corrected chi connectivity index (χ4v) is 1.32. The lowest BCUT2D eigenvalue weighted by atomic mass is 10.1. The summed E-state index contributed by atoms with van der Waals surface area (Å²) >= 11 is 0. The predicted octanol–water partition coefficient (Wildman–Crippen LogP) is -0.952. The average molecular weight is 322 g/mol. The maximum atomic E-state index is 10.3. The first-order chi connectivity index (χ1) is 10.1. The maximum absolute atomic E-state index is 10.3. The van der Waals surface area contributed by atoms with Gasteiger partial charge in [-0.3, -0.25) is 19.2 Å². The predicted molar refractivity (Wildman–Crippen MR) is 74.7 cm³/mol. The van der Waals surface area contributed by atoms with E-state index in [1.165, 1.54) is 14.1 Å². The highest BCUT2D eigenvalue weighted by molar-refractivity contribution is 5.75. The van der Waals surface area contributed by atoms with Gasteiger partial charge in [-0.25, -0.2) is 0 Å². The van der Waals surface area contributed by atoms with E-state index in [2.05, 4.69) is 10.6 Å². The van der Waals surface area contributed by atoms with Gasteiger partial charge < -0.3 is 31.1 Å². The van der Waals surface area contributed by atoms with Crippen molar-refractivity contribution in [3.63, 3.8) is 0 Å². The normalized spacial score (nSPS) is 12.5. The van der Waals surface area contributed by atoms with Crippen LogP contribution in [0, 0.1) is 0 Å². The van der Waals surface area contributed by atoms with Crippen LogP contribution < -0.4 is 10.6 Å². The number of hydrogen-bond acceptors (Lipinski definition) is 6. The zero-order chi connectivity index (χ0) is 17.7. The van der Waals surface area contributed by atoms with Crippen LogP contribution in [0.15, 0.2) is 0 Å². The lowest BCUT2D eigenvalue weighted by Crippen LogP contribution is -2.34. The molecule has 6 N–H and O–H groups in total. The van der Waals surface area contributed by atoms with Gasteiger partial charge in [0.1, 0.15) is 12.1 Å². The Kier molecular flexibility index (Phi) is 12.6. The Morgan fingerprint density at radius 1 is 0.727 bits per heavy atom. The molecule has 0 unspecified atom stereocenters. The van der Waals surface area contributed by atoms with Crippen LogP contribution in [0.3, 0.4) is 0 Å². The molecule has 0 fully saturated rings.